The molecule has 6 heteroatoms. The van der Waals surface area contributed by atoms with Crippen LogP contribution in [-0.2, 0) is 21.2 Å². The molecule has 0 saturated carbocycles. The van der Waals surface area contributed by atoms with E-state index in [0.29, 0.717) is 0 Å². The van der Waals surface area contributed by atoms with Crippen molar-refractivity contribution in [2.24, 2.45) is 5.92 Å². The maximum Gasteiger partial charge on any atom is 0.408 e. The highest BCUT2D eigenvalue weighted by Gasteiger charge is 2.32. The van der Waals surface area contributed by atoms with E-state index in [1.807, 2.05) is 30.3 Å². The number of alkyl carbamates (subject to hydrolysis) is 1. The minimum Gasteiger partial charge on any atom is -0.445 e. The first-order valence-corrected chi connectivity index (χ1v) is 9.22. The Hall–Kier alpha value is -2.34. The zero-order chi connectivity index (χ0) is 17.6. The van der Waals surface area contributed by atoms with Crippen molar-refractivity contribution in [3.63, 3.8) is 0 Å². The molecule has 0 bridgehead atoms. The van der Waals surface area contributed by atoms with Crippen molar-refractivity contribution in [2.75, 3.05) is 0 Å². The SMILES string of the molecule is CC(C)[C@@H](NC(=O)OCc1ccccc1)S(=O)(=O)c1ccccc1. The van der Waals surface area contributed by atoms with Gasteiger partial charge in [0.25, 0.3) is 0 Å². The van der Waals surface area contributed by atoms with Crippen LogP contribution in [0.2, 0.25) is 0 Å². The number of carbonyl (C=O) groups excluding carboxylic acids is 1. The third-order valence-electron chi connectivity index (χ3n) is 3.48. The van der Waals surface area contributed by atoms with Crippen molar-refractivity contribution in [3.8, 4) is 0 Å². The summed E-state index contributed by atoms with van der Waals surface area (Å²) in [5, 5.41) is 1.42. The molecule has 0 unspecified atom stereocenters. The second-order valence-corrected chi connectivity index (χ2v) is 7.80. The fourth-order valence-electron chi connectivity index (χ4n) is 2.24. The average Bonchev–Trinajstić information content (AvgIpc) is 2.59. The first kappa shape index (κ1) is 18.0. The summed E-state index contributed by atoms with van der Waals surface area (Å²) in [6.45, 7) is 3.56. The molecule has 128 valence electrons. The molecule has 0 aliphatic carbocycles. The Morgan fingerprint density at radius 2 is 1.54 bits per heavy atom. The van der Waals surface area contributed by atoms with Crippen LogP contribution < -0.4 is 5.32 Å². The quantitative estimate of drug-likeness (QED) is 0.869. The molecule has 0 saturated heterocycles. The Balaban J connectivity index is 2.07. The Kier molecular flexibility index (Phi) is 5.98. The average molecular weight is 347 g/mol. The molecular formula is C18H21NO4S. The van der Waals surface area contributed by atoms with Gasteiger partial charge in [0, 0.05) is 0 Å². The van der Waals surface area contributed by atoms with Gasteiger partial charge in [0.1, 0.15) is 12.0 Å². The first-order valence-electron chi connectivity index (χ1n) is 7.67. The van der Waals surface area contributed by atoms with Crippen LogP contribution in [0.4, 0.5) is 4.79 Å². The fourth-order valence-corrected chi connectivity index (χ4v) is 4.04. The van der Waals surface area contributed by atoms with E-state index in [-0.39, 0.29) is 17.4 Å². The van der Waals surface area contributed by atoms with Crippen molar-refractivity contribution in [1.29, 1.82) is 0 Å². The molecule has 2 rings (SSSR count). The Labute approximate surface area is 142 Å². The normalized spacial score (nSPS) is 12.6. The number of sulfone groups is 1. The third-order valence-corrected chi connectivity index (χ3v) is 5.74. The minimum absolute atomic E-state index is 0.0862. The summed E-state index contributed by atoms with van der Waals surface area (Å²) in [6, 6.07) is 17.3. The lowest BCUT2D eigenvalue weighted by Gasteiger charge is -2.22. The van der Waals surface area contributed by atoms with E-state index in [4.69, 9.17) is 4.74 Å². The number of carbonyl (C=O) groups is 1. The van der Waals surface area contributed by atoms with Crippen molar-refractivity contribution in [3.05, 3.63) is 66.2 Å². The predicted molar refractivity (Wildman–Crippen MR) is 92.0 cm³/mol. The first-order chi connectivity index (χ1) is 11.4. The summed E-state index contributed by atoms with van der Waals surface area (Å²) in [5.74, 6) is -0.306. The molecule has 0 spiro atoms. The zero-order valence-corrected chi connectivity index (χ0v) is 14.5. The second kappa shape index (κ2) is 7.97. The van der Waals surface area contributed by atoms with Crippen LogP contribution in [-0.4, -0.2) is 19.9 Å². The van der Waals surface area contributed by atoms with Gasteiger partial charge in [0.05, 0.1) is 4.90 Å². The second-order valence-electron chi connectivity index (χ2n) is 5.73. The lowest BCUT2D eigenvalue weighted by atomic mass is 10.2. The number of ether oxygens (including phenoxy) is 1. The van der Waals surface area contributed by atoms with Gasteiger partial charge in [-0.05, 0) is 23.6 Å². The molecule has 5 nitrogen and oxygen atoms in total. The summed E-state index contributed by atoms with van der Waals surface area (Å²) in [7, 11) is -3.69. The fraction of sp³-hybridized carbons (Fsp3) is 0.278. The third kappa shape index (κ3) is 4.58. The van der Waals surface area contributed by atoms with Gasteiger partial charge in [0.2, 0.25) is 0 Å². The maximum atomic E-state index is 12.7. The summed E-state index contributed by atoms with van der Waals surface area (Å²) >= 11 is 0. The highest BCUT2D eigenvalue weighted by atomic mass is 32.2. The van der Waals surface area contributed by atoms with Gasteiger partial charge in [-0.1, -0.05) is 62.4 Å². The van der Waals surface area contributed by atoms with Crippen LogP contribution in [0.15, 0.2) is 65.6 Å². The molecule has 0 aromatic heterocycles. The van der Waals surface area contributed by atoms with Crippen LogP contribution >= 0.6 is 0 Å². The maximum absolute atomic E-state index is 12.7. The van der Waals surface area contributed by atoms with E-state index in [1.165, 1.54) is 12.1 Å². The number of nitrogens with one attached hydrogen (secondary N) is 1. The molecule has 0 heterocycles. The lowest BCUT2D eigenvalue weighted by molar-refractivity contribution is 0.136. The zero-order valence-electron chi connectivity index (χ0n) is 13.7. The van der Waals surface area contributed by atoms with E-state index < -0.39 is 21.3 Å². The molecule has 24 heavy (non-hydrogen) atoms. The Bertz CT molecular complexity index is 758. The number of hydrogen-bond donors (Lipinski definition) is 1. The topological polar surface area (TPSA) is 72.5 Å². The molecule has 1 atom stereocenters. The van der Waals surface area contributed by atoms with Crippen LogP contribution in [0.3, 0.4) is 0 Å². The molecule has 1 amide bonds. The van der Waals surface area contributed by atoms with Crippen molar-refractivity contribution in [2.45, 2.75) is 30.7 Å². The summed E-state index contributed by atoms with van der Waals surface area (Å²) < 4.78 is 30.6. The molecule has 1 N–H and O–H groups in total. The smallest absolute Gasteiger partial charge is 0.408 e. The van der Waals surface area contributed by atoms with Gasteiger partial charge in [0.15, 0.2) is 9.84 Å². The van der Waals surface area contributed by atoms with Crippen LogP contribution in [0.25, 0.3) is 0 Å². The standard InChI is InChI=1S/C18H21NO4S/c1-14(2)17(24(21,22)16-11-7-4-8-12-16)19-18(20)23-13-15-9-5-3-6-10-15/h3-12,14,17H,13H2,1-2H3,(H,19,20)/t17-/m0/s1. The molecule has 2 aromatic carbocycles. The number of rotatable bonds is 6. The van der Waals surface area contributed by atoms with Crippen LogP contribution in [0.1, 0.15) is 19.4 Å². The van der Waals surface area contributed by atoms with Crippen molar-refractivity contribution >= 4 is 15.9 Å². The van der Waals surface area contributed by atoms with Gasteiger partial charge in [-0.3, -0.25) is 0 Å². The highest BCUT2D eigenvalue weighted by molar-refractivity contribution is 7.92. The minimum atomic E-state index is -3.69. The van der Waals surface area contributed by atoms with E-state index >= 15 is 0 Å². The summed E-state index contributed by atoms with van der Waals surface area (Å²) in [6.07, 6.45) is -0.753. The Morgan fingerprint density at radius 1 is 1.00 bits per heavy atom. The number of hydrogen-bond acceptors (Lipinski definition) is 4. The number of amides is 1. The van der Waals surface area contributed by atoms with E-state index in [1.54, 1.807) is 32.0 Å². The van der Waals surface area contributed by atoms with Crippen LogP contribution in [0.5, 0.6) is 0 Å². The van der Waals surface area contributed by atoms with Gasteiger partial charge in [-0.25, -0.2) is 13.2 Å². The molecular weight excluding hydrogens is 326 g/mol. The van der Waals surface area contributed by atoms with Crippen molar-refractivity contribution in [1.82, 2.24) is 5.32 Å². The molecule has 2 aromatic rings. The van der Waals surface area contributed by atoms with Crippen molar-refractivity contribution < 1.29 is 17.9 Å². The largest absolute Gasteiger partial charge is 0.445 e. The number of benzene rings is 2. The molecule has 0 aliphatic heterocycles. The highest BCUT2D eigenvalue weighted by Crippen LogP contribution is 2.19. The summed E-state index contributed by atoms with van der Waals surface area (Å²) in [4.78, 5) is 12.2. The van der Waals surface area contributed by atoms with Gasteiger partial charge in [-0.15, -0.1) is 0 Å². The summed E-state index contributed by atoms with van der Waals surface area (Å²) in [5.41, 5.74) is 0.833. The molecule has 0 fully saturated rings. The molecule has 0 aliphatic rings. The van der Waals surface area contributed by atoms with Crippen LogP contribution in [0, 0.1) is 5.92 Å². The predicted octanol–water partition coefficient (Wildman–Crippen LogP) is 3.37. The van der Waals surface area contributed by atoms with E-state index in [0.717, 1.165) is 5.56 Å². The van der Waals surface area contributed by atoms with Gasteiger partial charge < -0.3 is 10.1 Å². The van der Waals surface area contributed by atoms with Gasteiger partial charge >= 0.3 is 6.09 Å². The van der Waals surface area contributed by atoms with E-state index in [9.17, 15) is 13.2 Å². The van der Waals surface area contributed by atoms with Gasteiger partial charge in [-0.2, -0.15) is 0 Å². The molecule has 0 radical (unpaired) electrons. The lowest BCUT2D eigenvalue weighted by Crippen LogP contribution is -2.44. The monoisotopic (exact) mass is 347 g/mol. The van der Waals surface area contributed by atoms with E-state index in [2.05, 4.69) is 5.32 Å². The Morgan fingerprint density at radius 3 is 2.08 bits per heavy atom.